The quantitative estimate of drug-likeness (QED) is 0.788. The Morgan fingerprint density at radius 2 is 1.87 bits per heavy atom. The van der Waals surface area contributed by atoms with Crippen LogP contribution in [0.2, 0.25) is 0 Å². The van der Waals surface area contributed by atoms with Crippen LogP contribution in [0.15, 0.2) is 24.3 Å². The van der Waals surface area contributed by atoms with Gasteiger partial charge in [0.1, 0.15) is 5.75 Å². The molecule has 1 heterocycles. The van der Waals surface area contributed by atoms with Crippen LogP contribution in [-0.2, 0) is 10.0 Å². The Morgan fingerprint density at radius 3 is 2.48 bits per heavy atom. The minimum Gasteiger partial charge on any atom is -0.496 e. The largest absolute Gasteiger partial charge is 0.496 e. The number of amides is 1. The fourth-order valence-electron chi connectivity index (χ4n) is 2.54. The van der Waals surface area contributed by atoms with E-state index in [2.05, 4.69) is 10.2 Å². The second kappa shape index (κ2) is 7.76. The molecule has 0 aromatic heterocycles. The van der Waals surface area contributed by atoms with Gasteiger partial charge in [0.05, 0.1) is 18.9 Å². The number of rotatable bonds is 6. The molecule has 1 saturated heterocycles. The van der Waals surface area contributed by atoms with Gasteiger partial charge in [0.25, 0.3) is 5.91 Å². The third-order valence-corrected chi connectivity index (χ3v) is 5.17. The van der Waals surface area contributed by atoms with Gasteiger partial charge in [-0.05, 0) is 12.1 Å². The van der Waals surface area contributed by atoms with Crippen molar-refractivity contribution in [1.82, 2.24) is 14.5 Å². The van der Waals surface area contributed by atoms with Crippen LogP contribution >= 0.6 is 0 Å². The number of hydrogen-bond donors (Lipinski definition) is 1. The smallest absolute Gasteiger partial charge is 0.255 e. The second-order valence-electron chi connectivity index (χ2n) is 5.46. The first-order chi connectivity index (χ1) is 10.9. The molecule has 0 bridgehead atoms. The van der Waals surface area contributed by atoms with Gasteiger partial charge in [0, 0.05) is 39.3 Å². The topological polar surface area (TPSA) is 79.0 Å². The number of para-hydroxylation sites is 1. The lowest BCUT2D eigenvalue weighted by Gasteiger charge is -2.33. The highest BCUT2D eigenvalue weighted by Gasteiger charge is 2.23. The van der Waals surface area contributed by atoms with E-state index in [-0.39, 0.29) is 5.91 Å². The molecule has 0 saturated carbocycles. The Bertz CT molecular complexity index is 640. The van der Waals surface area contributed by atoms with E-state index in [1.54, 1.807) is 18.2 Å². The highest BCUT2D eigenvalue weighted by atomic mass is 32.2. The zero-order valence-electron chi connectivity index (χ0n) is 13.5. The molecule has 0 radical (unpaired) electrons. The lowest BCUT2D eigenvalue weighted by atomic mass is 10.2. The number of carbonyl (C=O) groups is 1. The van der Waals surface area contributed by atoms with Crippen molar-refractivity contribution in [3.8, 4) is 5.75 Å². The van der Waals surface area contributed by atoms with Gasteiger partial charge in [-0.2, -0.15) is 4.31 Å². The van der Waals surface area contributed by atoms with Crippen molar-refractivity contribution in [2.24, 2.45) is 0 Å². The maximum absolute atomic E-state index is 12.2. The van der Waals surface area contributed by atoms with Crippen molar-refractivity contribution in [1.29, 1.82) is 0 Å². The first-order valence-corrected chi connectivity index (χ1v) is 9.35. The van der Waals surface area contributed by atoms with Gasteiger partial charge in [-0.25, -0.2) is 8.42 Å². The molecule has 128 valence electrons. The van der Waals surface area contributed by atoms with E-state index in [1.807, 2.05) is 6.07 Å². The van der Waals surface area contributed by atoms with Crippen molar-refractivity contribution >= 4 is 15.9 Å². The molecule has 1 N–H and O–H groups in total. The van der Waals surface area contributed by atoms with Gasteiger partial charge in [-0.3, -0.25) is 9.69 Å². The highest BCUT2D eigenvalue weighted by Crippen LogP contribution is 2.16. The van der Waals surface area contributed by atoms with E-state index >= 15 is 0 Å². The molecule has 2 rings (SSSR count). The normalized spacial score (nSPS) is 17.0. The third kappa shape index (κ3) is 4.92. The van der Waals surface area contributed by atoms with Crippen molar-refractivity contribution in [3.05, 3.63) is 29.8 Å². The summed E-state index contributed by atoms with van der Waals surface area (Å²) in [6, 6.07) is 7.08. The summed E-state index contributed by atoms with van der Waals surface area (Å²) in [5.74, 6) is 0.379. The number of sulfonamides is 1. The van der Waals surface area contributed by atoms with Crippen LogP contribution in [0.3, 0.4) is 0 Å². The van der Waals surface area contributed by atoms with Crippen LogP contribution in [-0.4, -0.2) is 76.2 Å². The highest BCUT2D eigenvalue weighted by molar-refractivity contribution is 7.88. The summed E-state index contributed by atoms with van der Waals surface area (Å²) in [6.45, 7) is 3.56. The lowest BCUT2D eigenvalue weighted by Crippen LogP contribution is -2.49. The molecule has 1 aromatic rings. The summed E-state index contributed by atoms with van der Waals surface area (Å²) >= 11 is 0. The molecular weight excluding hydrogens is 318 g/mol. The van der Waals surface area contributed by atoms with Crippen LogP contribution in [0.25, 0.3) is 0 Å². The molecule has 0 atom stereocenters. The molecule has 1 fully saturated rings. The van der Waals surface area contributed by atoms with E-state index in [0.717, 1.165) is 0 Å². The molecular formula is C15H23N3O4S. The number of hydrogen-bond acceptors (Lipinski definition) is 5. The van der Waals surface area contributed by atoms with Crippen LogP contribution in [0.1, 0.15) is 10.4 Å². The number of carbonyl (C=O) groups excluding carboxylic acids is 1. The summed E-state index contributed by atoms with van der Waals surface area (Å²) in [4.78, 5) is 14.3. The Hall–Kier alpha value is -1.64. The van der Waals surface area contributed by atoms with E-state index < -0.39 is 10.0 Å². The Morgan fingerprint density at radius 1 is 1.22 bits per heavy atom. The molecule has 1 amide bonds. The molecule has 8 heteroatoms. The van der Waals surface area contributed by atoms with E-state index in [4.69, 9.17) is 4.74 Å². The van der Waals surface area contributed by atoms with Crippen molar-refractivity contribution < 1.29 is 17.9 Å². The maximum Gasteiger partial charge on any atom is 0.255 e. The Balaban J connectivity index is 1.77. The molecule has 0 unspecified atom stereocenters. The number of ether oxygens (including phenoxy) is 1. The fourth-order valence-corrected chi connectivity index (χ4v) is 3.37. The summed E-state index contributed by atoms with van der Waals surface area (Å²) in [5, 5.41) is 2.87. The monoisotopic (exact) mass is 341 g/mol. The van der Waals surface area contributed by atoms with Crippen LogP contribution in [0.4, 0.5) is 0 Å². The molecule has 1 aromatic carbocycles. The molecule has 0 spiro atoms. The number of benzene rings is 1. The maximum atomic E-state index is 12.2. The minimum absolute atomic E-state index is 0.169. The number of nitrogens with one attached hydrogen (secondary N) is 1. The van der Waals surface area contributed by atoms with Gasteiger partial charge in [0.2, 0.25) is 10.0 Å². The van der Waals surface area contributed by atoms with Gasteiger partial charge in [0.15, 0.2) is 0 Å². The van der Waals surface area contributed by atoms with Gasteiger partial charge in [-0.1, -0.05) is 12.1 Å². The molecule has 1 aliphatic rings. The average Bonchev–Trinajstić information content (AvgIpc) is 2.54. The second-order valence-corrected chi connectivity index (χ2v) is 7.44. The zero-order valence-corrected chi connectivity index (χ0v) is 14.3. The summed E-state index contributed by atoms with van der Waals surface area (Å²) < 4.78 is 29.6. The van der Waals surface area contributed by atoms with E-state index in [1.165, 1.54) is 17.7 Å². The van der Waals surface area contributed by atoms with Crippen LogP contribution in [0, 0.1) is 0 Å². The molecule has 7 nitrogen and oxygen atoms in total. The molecule has 0 aliphatic carbocycles. The SMILES string of the molecule is COc1ccccc1C(=O)NCCN1CCN(S(C)(=O)=O)CC1. The Labute approximate surface area is 137 Å². The zero-order chi connectivity index (χ0) is 16.9. The predicted octanol–water partition coefficient (Wildman–Crippen LogP) is 0.00220. The van der Waals surface area contributed by atoms with Gasteiger partial charge >= 0.3 is 0 Å². The van der Waals surface area contributed by atoms with E-state index in [9.17, 15) is 13.2 Å². The average molecular weight is 341 g/mol. The minimum atomic E-state index is -3.10. The van der Waals surface area contributed by atoms with Crippen LogP contribution in [0.5, 0.6) is 5.75 Å². The molecule has 23 heavy (non-hydrogen) atoms. The summed E-state index contributed by atoms with van der Waals surface area (Å²) in [5.41, 5.74) is 0.511. The van der Waals surface area contributed by atoms with Gasteiger partial charge < -0.3 is 10.1 Å². The Kier molecular flexibility index (Phi) is 5.97. The molecule has 1 aliphatic heterocycles. The van der Waals surface area contributed by atoms with E-state index in [0.29, 0.717) is 50.6 Å². The first kappa shape index (κ1) is 17.7. The number of nitrogens with zero attached hydrogens (tertiary/aromatic N) is 2. The summed E-state index contributed by atoms with van der Waals surface area (Å²) in [6.07, 6.45) is 1.23. The van der Waals surface area contributed by atoms with Gasteiger partial charge in [-0.15, -0.1) is 0 Å². The van der Waals surface area contributed by atoms with Crippen LogP contribution < -0.4 is 10.1 Å². The standard InChI is InChI=1S/C15H23N3O4S/c1-22-14-6-4-3-5-13(14)15(19)16-7-8-17-9-11-18(12-10-17)23(2,20)21/h3-6H,7-12H2,1-2H3,(H,16,19). The van der Waals surface area contributed by atoms with Crippen molar-refractivity contribution in [2.45, 2.75) is 0 Å². The van der Waals surface area contributed by atoms with Crippen molar-refractivity contribution in [3.63, 3.8) is 0 Å². The number of methoxy groups -OCH3 is 1. The lowest BCUT2D eigenvalue weighted by molar-refractivity contribution is 0.0942. The summed E-state index contributed by atoms with van der Waals surface area (Å²) in [7, 11) is -1.57. The van der Waals surface area contributed by atoms with Crippen molar-refractivity contribution in [2.75, 3.05) is 52.6 Å². The predicted molar refractivity (Wildman–Crippen MR) is 88.2 cm³/mol. The fraction of sp³-hybridized carbons (Fsp3) is 0.533. The third-order valence-electron chi connectivity index (χ3n) is 3.87. The number of piperazine rings is 1. The first-order valence-electron chi connectivity index (χ1n) is 7.50.